The summed E-state index contributed by atoms with van der Waals surface area (Å²) < 4.78 is 11.0. The number of methoxy groups -OCH3 is 1. The molecule has 0 radical (unpaired) electrons. The third-order valence-electron chi connectivity index (χ3n) is 4.31. The molecule has 0 unspecified atom stereocenters. The van der Waals surface area contributed by atoms with Crippen molar-refractivity contribution in [3.05, 3.63) is 47.5 Å². The first kappa shape index (κ1) is 18.2. The van der Waals surface area contributed by atoms with E-state index in [-0.39, 0.29) is 5.91 Å². The molecule has 1 aromatic heterocycles. The summed E-state index contributed by atoms with van der Waals surface area (Å²) in [5.41, 5.74) is 1.96. The van der Waals surface area contributed by atoms with Gasteiger partial charge in [-0.15, -0.1) is 0 Å². The highest BCUT2D eigenvalue weighted by Crippen LogP contribution is 2.24. The number of carbonyl (C=O) groups is 1. The molecule has 2 heterocycles. The SMILES string of the molecule is COc1cccc(O[C@H](C)C(=O)N2Cc3cnc(CC(C)C)nc3C2)c1. The maximum Gasteiger partial charge on any atom is 0.264 e. The van der Waals surface area contributed by atoms with Gasteiger partial charge in [0.25, 0.3) is 5.91 Å². The normalized spacial score (nSPS) is 14.3. The summed E-state index contributed by atoms with van der Waals surface area (Å²) in [5, 5.41) is 0. The summed E-state index contributed by atoms with van der Waals surface area (Å²) in [7, 11) is 1.60. The summed E-state index contributed by atoms with van der Waals surface area (Å²) in [4.78, 5) is 23.6. The predicted molar refractivity (Wildman–Crippen MR) is 97.9 cm³/mol. The Labute approximate surface area is 154 Å². The fourth-order valence-corrected chi connectivity index (χ4v) is 3.00. The van der Waals surface area contributed by atoms with E-state index in [1.165, 1.54) is 0 Å². The van der Waals surface area contributed by atoms with Gasteiger partial charge in [-0.1, -0.05) is 19.9 Å². The van der Waals surface area contributed by atoms with E-state index < -0.39 is 6.10 Å². The van der Waals surface area contributed by atoms with Gasteiger partial charge >= 0.3 is 0 Å². The molecular weight excluding hydrogens is 330 g/mol. The molecule has 6 nitrogen and oxygen atoms in total. The van der Waals surface area contributed by atoms with Crippen LogP contribution in [0.15, 0.2) is 30.5 Å². The number of carbonyl (C=O) groups excluding carboxylic acids is 1. The lowest BCUT2D eigenvalue weighted by Crippen LogP contribution is -2.37. The number of fused-ring (bicyclic) bond motifs is 1. The topological polar surface area (TPSA) is 64.6 Å². The van der Waals surface area contributed by atoms with Gasteiger partial charge in [0, 0.05) is 30.8 Å². The van der Waals surface area contributed by atoms with Crippen molar-refractivity contribution in [1.82, 2.24) is 14.9 Å². The highest BCUT2D eigenvalue weighted by atomic mass is 16.5. The van der Waals surface area contributed by atoms with E-state index in [0.717, 1.165) is 23.5 Å². The Kier molecular flexibility index (Phi) is 5.40. The Morgan fingerprint density at radius 1 is 1.23 bits per heavy atom. The number of benzene rings is 1. The average molecular weight is 355 g/mol. The van der Waals surface area contributed by atoms with Crippen molar-refractivity contribution in [2.24, 2.45) is 5.92 Å². The zero-order valence-corrected chi connectivity index (χ0v) is 15.7. The molecule has 0 aliphatic carbocycles. The maximum atomic E-state index is 12.8. The van der Waals surface area contributed by atoms with Crippen molar-refractivity contribution in [1.29, 1.82) is 0 Å². The first-order chi connectivity index (χ1) is 12.5. The second kappa shape index (κ2) is 7.72. The lowest BCUT2D eigenvalue weighted by molar-refractivity contribution is -0.138. The van der Waals surface area contributed by atoms with Crippen LogP contribution in [0.3, 0.4) is 0 Å². The smallest absolute Gasteiger partial charge is 0.264 e. The van der Waals surface area contributed by atoms with Gasteiger partial charge in [0.05, 0.1) is 19.3 Å². The highest BCUT2D eigenvalue weighted by molar-refractivity contribution is 5.81. The van der Waals surface area contributed by atoms with Crippen LogP contribution in [0, 0.1) is 5.92 Å². The lowest BCUT2D eigenvalue weighted by atomic mass is 10.1. The largest absolute Gasteiger partial charge is 0.497 e. The molecule has 26 heavy (non-hydrogen) atoms. The van der Waals surface area contributed by atoms with Crippen LogP contribution in [0.1, 0.15) is 37.9 Å². The van der Waals surface area contributed by atoms with E-state index in [9.17, 15) is 4.79 Å². The van der Waals surface area contributed by atoms with Gasteiger partial charge in [-0.05, 0) is 25.0 Å². The molecule has 0 saturated carbocycles. The molecule has 3 rings (SSSR count). The fraction of sp³-hybridized carbons (Fsp3) is 0.450. The Hall–Kier alpha value is -2.63. The summed E-state index contributed by atoms with van der Waals surface area (Å²) in [6, 6.07) is 7.26. The van der Waals surface area contributed by atoms with Crippen molar-refractivity contribution in [3.8, 4) is 11.5 Å². The first-order valence-electron chi connectivity index (χ1n) is 8.89. The third-order valence-corrected chi connectivity index (χ3v) is 4.31. The number of ether oxygens (including phenoxy) is 2. The zero-order chi connectivity index (χ0) is 18.7. The van der Waals surface area contributed by atoms with Crippen LogP contribution < -0.4 is 9.47 Å². The van der Waals surface area contributed by atoms with Crippen molar-refractivity contribution in [2.45, 2.75) is 46.4 Å². The van der Waals surface area contributed by atoms with Gasteiger partial charge in [-0.3, -0.25) is 4.79 Å². The molecule has 1 atom stereocenters. The molecule has 6 heteroatoms. The molecule has 2 aromatic rings. The summed E-state index contributed by atoms with van der Waals surface area (Å²) in [6.07, 6.45) is 2.11. The van der Waals surface area contributed by atoms with Crippen LogP contribution in [0.5, 0.6) is 11.5 Å². The van der Waals surface area contributed by atoms with Gasteiger partial charge < -0.3 is 14.4 Å². The lowest BCUT2D eigenvalue weighted by Gasteiger charge is -2.21. The zero-order valence-electron chi connectivity index (χ0n) is 15.7. The monoisotopic (exact) mass is 355 g/mol. The highest BCUT2D eigenvalue weighted by Gasteiger charge is 2.29. The molecule has 138 valence electrons. The van der Waals surface area contributed by atoms with Crippen LogP contribution in [0.2, 0.25) is 0 Å². The van der Waals surface area contributed by atoms with E-state index in [1.54, 1.807) is 25.0 Å². The molecule has 0 saturated heterocycles. The summed E-state index contributed by atoms with van der Waals surface area (Å²) in [6.45, 7) is 7.09. The molecule has 1 aliphatic rings. The molecule has 0 fully saturated rings. The molecule has 0 N–H and O–H groups in total. The minimum Gasteiger partial charge on any atom is -0.497 e. The molecular formula is C20H25N3O3. The number of hydrogen-bond acceptors (Lipinski definition) is 5. The minimum atomic E-state index is -0.584. The Balaban J connectivity index is 1.64. The maximum absolute atomic E-state index is 12.8. The molecule has 1 aliphatic heterocycles. The Bertz CT molecular complexity index is 792. The van der Waals surface area contributed by atoms with Gasteiger partial charge in [0.1, 0.15) is 17.3 Å². The van der Waals surface area contributed by atoms with Crippen molar-refractivity contribution in [2.75, 3.05) is 7.11 Å². The second-order valence-electron chi connectivity index (χ2n) is 6.99. The van der Waals surface area contributed by atoms with Gasteiger partial charge in [0.2, 0.25) is 0 Å². The number of nitrogens with zero attached hydrogens (tertiary/aromatic N) is 3. The van der Waals surface area contributed by atoms with Crippen LogP contribution in [0.25, 0.3) is 0 Å². The minimum absolute atomic E-state index is 0.0590. The Morgan fingerprint density at radius 3 is 2.73 bits per heavy atom. The number of hydrogen-bond donors (Lipinski definition) is 0. The fourth-order valence-electron chi connectivity index (χ4n) is 3.00. The van der Waals surface area contributed by atoms with Crippen LogP contribution in [0.4, 0.5) is 0 Å². The predicted octanol–water partition coefficient (Wildman–Crippen LogP) is 2.99. The standard InChI is InChI=1S/C20H25N3O3/c1-13(2)8-19-21-10-15-11-23(12-18(15)22-19)20(24)14(3)26-17-7-5-6-16(9-17)25-4/h5-7,9-10,13-14H,8,11-12H2,1-4H3/t14-/m1/s1. The van der Waals surface area contributed by atoms with Crippen molar-refractivity contribution in [3.63, 3.8) is 0 Å². The Morgan fingerprint density at radius 2 is 2.00 bits per heavy atom. The van der Waals surface area contributed by atoms with Gasteiger partial charge in [-0.25, -0.2) is 9.97 Å². The van der Waals surface area contributed by atoms with E-state index >= 15 is 0 Å². The van der Waals surface area contributed by atoms with Crippen LogP contribution >= 0.6 is 0 Å². The van der Waals surface area contributed by atoms with E-state index in [1.807, 2.05) is 24.4 Å². The molecule has 0 spiro atoms. The van der Waals surface area contributed by atoms with Gasteiger partial charge in [-0.2, -0.15) is 0 Å². The summed E-state index contributed by atoms with van der Waals surface area (Å²) in [5.74, 6) is 2.60. The quantitative estimate of drug-likeness (QED) is 0.797. The molecule has 1 amide bonds. The first-order valence-corrected chi connectivity index (χ1v) is 8.89. The summed E-state index contributed by atoms with van der Waals surface area (Å²) >= 11 is 0. The number of amides is 1. The van der Waals surface area contributed by atoms with Crippen molar-refractivity contribution >= 4 is 5.91 Å². The van der Waals surface area contributed by atoms with E-state index in [4.69, 9.17) is 9.47 Å². The van der Waals surface area contributed by atoms with E-state index in [0.29, 0.717) is 30.5 Å². The molecule has 0 bridgehead atoms. The van der Waals surface area contributed by atoms with Crippen molar-refractivity contribution < 1.29 is 14.3 Å². The van der Waals surface area contributed by atoms with E-state index in [2.05, 4.69) is 23.8 Å². The van der Waals surface area contributed by atoms with Crippen LogP contribution in [-0.2, 0) is 24.3 Å². The molecule has 1 aromatic carbocycles. The average Bonchev–Trinajstić information content (AvgIpc) is 3.03. The van der Waals surface area contributed by atoms with Gasteiger partial charge in [0.15, 0.2) is 6.10 Å². The number of aromatic nitrogens is 2. The third kappa shape index (κ3) is 4.12. The van der Waals surface area contributed by atoms with Crippen LogP contribution in [-0.4, -0.2) is 34.0 Å². The second-order valence-corrected chi connectivity index (χ2v) is 6.99. The number of rotatable bonds is 6.